The number of halogens is 1. The van der Waals surface area contributed by atoms with E-state index in [1.807, 2.05) is 30.3 Å². The summed E-state index contributed by atoms with van der Waals surface area (Å²) >= 11 is 5.79. The third-order valence-electron chi connectivity index (χ3n) is 2.21. The monoisotopic (exact) mass is 219 g/mol. The zero-order valence-corrected chi connectivity index (χ0v) is 8.79. The van der Waals surface area contributed by atoms with Crippen LogP contribution >= 0.6 is 11.6 Å². The lowest BCUT2D eigenvalue weighted by Crippen LogP contribution is -1.86. The number of rotatable bonds is 3. The summed E-state index contributed by atoms with van der Waals surface area (Å²) < 4.78 is 0. The first-order valence-electron chi connectivity index (χ1n) is 4.65. The summed E-state index contributed by atoms with van der Waals surface area (Å²) in [6, 6.07) is 9.52. The maximum absolute atomic E-state index is 10.5. The highest BCUT2D eigenvalue weighted by atomic mass is 35.5. The third kappa shape index (κ3) is 2.48. The molecule has 76 valence electrons. The van der Waals surface area contributed by atoms with Gasteiger partial charge in [0.15, 0.2) is 6.29 Å². The largest absolute Gasteiger partial charge is 0.364 e. The van der Waals surface area contributed by atoms with Crippen molar-refractivity contribution < 1.29 is 4.79 Å². The van der Waals surface area contributed by atoms with E-state index in [-0.39, 0.29) is 0 Å². The van der Waals surface area contributed by atoms with Crippen LogP contribution in [-0.2, 0) is 6.42 Å². The fraction of sp³-hybridized carbons (Fsp3) is 0.0833. The topological polar surface area (TPSA) is 32.9 Å². The number of benzene rings is 1. The second kappa shape index (κ2) is 4.32. The number of aldehydes is 1. The summed E-state index contributed by atoms with van der Waals surface area (Å²) in [7, 11) is 0. The van der Waals surface area contributed by atoms with Crippen LogP contribution < -0.4 is 0 Å². The molecule has 0 aliphatic rings. The number of aromatic nitrogens is 1. The molecule has 0 fully saturated rings. The van der Waals surface area contributed by atoms with Crippen LogP contribution in [0.5, 0.6) is 0 Å². The fourth-order valence-electron chi connectivity index (χ4n) is 1.45. The number of nitrogens with one attached hydrogen (secondary N) is 1. The minimum absolute atomic E-state index is 0.680. The normalized spacial score (nSPS) is 10.2. The van der Waals surface area contributed by atoms with Gasteiger partial charge in [-0.05, 0) is 23.8 Å². The van der Waals surface area contributed by atoms with Crippen molar-refractivity contribution in [2.45, 2.75) is 6.42 Å². The SMILES string of the molecule is O=Cc1c[nH]c(Cc2ccc(Cl)cc2)c1. The molecule has 0 spiro atoms. The smallest absolute Gasteiger partial charge is 0.151 e. The molecular formula is C12H10ClNO. The van der Waals surface area contributed by atoms with Gasteiger partial charge < -0.3 is 4.98 Å². The molecule has 1 aromatic carbocycles. The van der Waals surface area contributed by atoms with Crippen LogP contribution in [0.3, 0.4) is 0 Å². The summed E-state index contributed by atoms with van der Waals surface area (Å²) in [5, 5.41) is 0.735. The summed E-state index contributed by atoms with van der Waals surface area (Å²) in [6.45, 7) is 0. The average molecular weight is 220 g/mol. The van der Waals surface area contributed by atoms with E-state index in [1.165, 1.54) is 5.56 Å². The molecule has 0 unspecified atom stereocenters. The van der Waals surface area contributed by atoms with Gasteiger partial charge in [0.1, 0.15) is 0 Å². The average Bonchev–Trinajstić information content (AvgIpc) is 2.69. The fourth-order valence-corrected chi connectivity index (χ4v) is 1.58. The van der Waals surface area contributed by atoms with Crippen molar-refractivity contribution in [3.05, 3.63) is 58.4 Å². The van der Waals surface area contributed by atoms with E-state index in [4.69, 9.17) is 11.6 Å². The molecular weight excluding hydrogens is 210 g/mol. The summed E-state index contributed by atoms with van der Waals surface area (Å²) in [5.41, 5.74) is 2.87. The third-order valence-corrected chi connectivity index (χ3v) is 2.46. The second-order valence-corrected chi connectivity index (χ2v) is 3.82. The Labute approximate surface area is 92.9 Å². The summed E-state index contributed by atoms with van der Waals surface area (Å²) in [5.74, 6) is 0. The van der Waals surface area contributed by atoms with Crippen molar-refractivity contribution >= 4 is 17.9 Å². The number of hydrogen-bond donors (Lipinski definition) is 1. The molecule has 0 bridgehead atoms. The highest BCUT2D eigenvalue weighted by Crippen LogP contribution is 2.13. The van der Waals surface area contributed by atoms with Crippen LogP contribution in [0.1, 0.15) is 21.6 Å². The molecule has 0 amide bonds. The molecule has 2 nitrogen and oxygen atoms in total. The molecule has 1 heterocycles. The van der Waals surface area contributed by atoms with Gasteiger partial charge in [-0.3, -0.25) is 4.79 Å². The van der Waals surface area contributed by atoms with Crippen molar-refractivity contribution in [1.29, 1.82) is 0 Å². The Bertz CT molecular complexity index is 459. The Kier molecular flexibility index (Phi) is 2.88. The Balaban J connectivity index is 2.14. The van der Waals surface area contributed by atoms with Gasteiger partial charge in [0, 0.05) is 28.9 Å². The number of H-pyrrole nitrogens is 1. The predicted molar refractivity (Wildman–Crippen MR) is 60.4 cm³/mol. The minimum Gasteiger partial charge on any atom is -0.364 e. The van der Waals surface area contributed by atoms with Gasteiger partial charge in [-0.1, -0.05) is 23.7 Å². The minimum atomic E-state index is 0.680. The molecule has 2 rings (SSSR count). The van der Waals surface area contributed by atoms with Crippen molar-refractivity contribution in [2.24, 2.45) is 0 Å². The van der Waals surface area contributed by atoms with Crippen LogP contribution in [-0.4, -0.2) is 11.3 Å². The number of hydrogen-bond acceptors (Lipinski definition) is 1. The summed E-state index contributed by atoms with van der Waals surface area (Å²) in [4.78, 5) is 13.5. The summed E-state index contributed by atoms with van der Waals surface area (Å²) in [6.07, 6.45) is 3.32. The molecule has 1 aromatic heterocycles. The van der Waals surface area contributed by atoms with E-state index in [0.29, 0.717) is 5.56 Å². The Morgan fingerprint density at radius 3 is 2.60 bits per heavy atom. The molecule has 0 aliphatic carbocycles. The molecule has 1 N–H and O–H groups in total. The lowest BCUT2D eigenvalue weighted by atomic mass is 10.1. The van der Waals surface area contributed by atoms with E-state index in [1.54, 1.807) is 6.20 Å². The highest BCUT2D eigenvalue weighted by molar-refractivity contribution is 6.30. The van der Waals surface area contributed by atoms with Gasteiger partial charge in [0.25, 0.3) is 0 Å². The van der Waals surface area contributed by atoms with E-state index in [2.05, 4.69) is 4.98 Å². The highest BCUT2D eigenvalue weighted by Gasteiger charge is 1.99. The van der Waals surface area contributed by atoms with Crippen molar-refractivity contribution in [1.82, 2.24) is 4.98 Å². The first-order chi connectivity index (χ1) is 7.28. The van der Waals surface area contributed by atoms with E-state index < -0.39 is 0 Å². The molecule has 0 saturated carbocycles. The standard InChI is InChI=1S/C12H10ClNO/c13-11-3-1-9(2-4-11)5-12-6-10(8-15)7-14-12/h1-4,6-8,14H,5H2. The number of aromatic amines is 1. The van der Waals surface area contributed by atoms with Crippen molar-refractivity contribution in [3.8, 4) is 0 Å². The van der Waals surface area contributed by atoms with Crippen LogP contribution in [0.4, 0.5) is 0 Å². The number of carbonyl (C=O) groups excluding carboxylic acids is 1. The van der Waals surface area contributed by atoms with E-state index in [0.717, 1.165) is 23.4 Å². The Morgan fingerprint density at radius 1 is 1.27 bits per heavy atom. The van der Waals surface area contributed by atoms with Crippen LogP contribution in [0, 0.1) is 0 Å². The van der Waals surface area contributed by atoms with Gasteiger partial charge in [-0.25, -0.2) is 0 Å². The molecule has 0 radical (unpaired) electrons. The van der Waals surface area contributed by atoms with Gasteiger partial charge in [-0.2, -0.15) is 0 Å². The first kappa shape index (κ1) is 9.99. The molecule has 15 heavy (non-hydrogen) atoms. The molecule has 3 heteroatoms. The van der Waals surface area contributed by atoms with E-state index in [9.17, 15) is 4.79 Å². The lowest BCUT2D eigenvalue weighted by Gasteiger charge is -1.98. The lowest BCUT2D eigenvalue weighted by molar-refractivity contribution is 0.112. The van der Waals surface area contributed by atoms with Crippen LogP contribution in [0.25, 0.3) is 0 Å². The van der Waals surface area contributed by atoms with Crippen molar-refractivity contribution in [3.63, 3.8) is 0 Å². The zero-order chi connectivity index (χ0) is 10.7. The van der Waals surface area contributed by atoms with Gasteiger partial charge >= 0.3 is 0 Å². The predicted octanol–water partition coefficient (Wildman–Crippen LogP) is 3.07. The molecule has 0 saturated heterocycles. The second-order valence-electron chi connectivity index (χ2n) is 3.38. The maximum atomic E-state index is 10.5. The molecule has 2 aromatic rings. The number of carbonyl (C=O) groups is 1. The zero-order valence-electron chi connectivity index (χ0n) is 8.03. The van der Waals surface area contributed by atoms with Gasteiger partial charge in [0.05, 0.1) is 0 Å². The van der Waals surface area contributed by atoms with Crippen LogP contribution in [0.2, 0.25) is 5.02 Å². The molecule has 0 atom stereocenters. The van der Waals surface area contributed by atoms with E-state index >= 15 is 0 Å². The maximum Gasteiger partial charge on any atom is 0.151 e. The quantitative estimate of drug-likeness (QED) is 0.791. The van der Waals surface area contributed by atoms with Gasteiger partial charge in [0.2, 0.25) is 0 Å². The van der Waals surface area contributed by atoms with Crippen molar-refractivity contribution in [2.75, 3.05) is 0 Å². The van der Waals surface area contributed by atoms with Crippen LogP contribution in [0.15, 0.2) is 36.5 Å². The van der Waals surface area contributed by atoms with Gasteiger partial charge in [-0.15, -0.1) is 0 Å². The first-order valence-corrected chi connectivity index (χ1v) is 5.02. The Hall–Kier alpha value is -1.54. The Morgan fingerprint density at radius 2 is 2.00 bits per heavy atom. The molecule has 0 aliphatic heterocycles.